The second-order valence-electron chi connectivity index (χ2n) is 4.16. The van der Waals surface area contributed by atoms with Gasteiger partial charge in [-0.1, -0.05) is 12.1 Å². The van der Waals surface area contributed by atoms with Gasteiger partial charge in [-0.25, -0.2) is 0 Å². The van der Waals surface area contributed by atoms with Gasteiger partial charge in [0.15, 0.2) is 6.61 Å². The molecule has 1 aromatic rings. The molecule has 0 fully saturated rings. The van der Waals surface area contributed by atoms with E-state index >= 15 is 0 Å². The number of nitriles is 1. The number of para-hydroxylation sites is 2. The Morgan fingerprint density at radius 3 is 2.63 bits per heavy atom. The third-order valence-electron chi connectivity index (χ3n) is 2.52. The van der Waals surface area contributed by atoms with Crippen molar-refractivity contribution < 1.29 is 13.2 Å². The first-order chi connectivity index (χ1) is 8.88. The van der Waals surface area contributed by atoms with E-state index in [1.54, 1.807) is 38.1 Å². The zero-order valence-electron chi connectivity index (χ0n) is 11.1. The van der Waals surface area contributed by atoms with E-state index in [1.807, 2.05) is 6.07 Å². The average Bonchev–Trinajstić information content (AvgIpc) is 2.36. The van der Waals surface area contributed by atoms with Crippen LogP contribution in [-0.4, -0.2) is 32.4 Å². The number of nitrogens with zero attached hydrogens (tertiary/aromatic N) is 2. The quantitative estimate of drug-likeness (QED) is 0.859. The van der Waals surface area contributed by atoms with Gasteiger partial charge in [-0.3, -0.25) is 4.72 Å². The van der Waals surface area contributed by atoms with Gasteiger partial charge in [0.1, 0.15) is 11.8 Å². The van der Waals surface area contributed by atoms with E-state index in [-0.39, 0.29) is 12.6 Å². The highest BCUT2D eigenvalue weighted by molar-refractivity contribution is 7.90. The smallest absolute Gasteiger partial charge is 0.301 e. The summed E-state index contributed by atoms with van der Waals surface area (Å²) in [5, 5.41) is 8.49. The predicted octanol–water partition coefficient (Wildman–Crippen LogP) is 1.59. The number of benzene rings is 1. The highest BCUT2D eigenvalue weighted by Gasteiger charge is 2.21. The van der Waals surface area contributed by atoms with Crippen LogP contribution in [0.5, 0.6) is 5.75 Å². The SMILES string of the molecule is CC(C)N(C)S(=O)(=O)Nc1ccccc1OCC#N. The van der Waals surface area contributed by atoms with Crippen molar-refractivity contribution >= 4 is 15.9 Å². The normalized spacial score (nSPS) is 11.4. The number of hydrogen-bond donors (Lipinski definition) is 1. The highest BCUT2D eigenvalue weighted by Crippen LogP contribution is 2.25. The minimum absolute atomic E-state index is 0.140. The molecule has 7 heteroatoms. The van der Waals surface area contributed by atoms with Gasteiger partial charge in [0.05, 0.1) is 5.69 Å². The predicted molar refractivity (Wildman–Crippen MR) is 73.0 cm³/mol. The molecule has 0 aliphatic carbocycles. The van der Waals surface area contributed by atoms with Crippen molar-refractivity contribution in [2.45, 2.75) is 19.9 Å². The number of ether oxygens (including phenoxy) is 1. The van der Waals surface area contributed by atoms with Crippen molar-refractivity contribution in [3.05, 3.63) is 24.3 Å². The number of nitrogens with one attached hydrogen (secondary N) is 1. The lowest BCUT2D eigenvalue weighted by Crippen LogP contribution is -2.37. The van der Waals surface area contributed by atoms with Crippen molar-refractivity contribution in [3.63, 3.8) is 0 Å². The molecule has 1 aromatic carbocycles. The molecule has 104 valence electrons. The van der Waals surface area contributed by atoms with Crippen LogP contribution in [0.15, 0.2) is 24.3 Å². The molecule has 19 heavy (non-hydrogen) atoms. The van der Waals surface area contributed by atoms with Crippen LogP contribution in [-0.2, 0) is 10.2 Å². The third kappa shape index (κ3) is 4.12. The molecule has 0 aliphatic heterocycles. The summed E-state index contributed by atoms with van der Waals surface area (Å²) in [6.45, 7) is 3.41. The second-order valence-corrected chi connectivity index (χ2v) is 5.89. The van der Waals surface area contributed by atoms with E-state index < -0.39 is 10.2 Å². The first-order valence-electron chi connectivity index (χ1n) is 5.73. The van der Waals surface area contributed by atoms with Gasteiger partial charge < -0.3 is 4.74 Å². The molecular formula is C12H17N3O3S. The summed E-state index contributed by atoms with van der Waals surface area (Å²) in [7, 11) is -2.15. The van der Waals surface area contributed by atoms with Crippen LogP contribution in [0.25, 0.3) is 0 Å². The van der Waals surface area contributed by atoms with Crippen molar-refractivity contribution in [1.29, 1.82) is 5.26 Å². The van der Waals surface area contributed by atoms with Crippen molar-refractivity contribution in [2.24, 2.45) is 0 Å². The van der Waals surface area contributed by atoms with Crippen LogP contribution in [0.2, 0.25) is 0 Å². The number of hydrogen-bond acceptors (Lipinski definition) is 4. The molecule has 0 aliphatic rings. The molecular weight excluding hydrogens is 266 g/mol. The molecule has 0 radical (unpaired) electrons. The lowest BCUT2D eigenvalue weighted by atomic mass is 10.3. The molecule has 0 unspecified atom stereocenters. The van der Waals surface area contributed by atoms with Gasteiger partial charge in [-0.2, -0.15) is 18.0 Å². The van der Waals surface area contributed by atoms with E-state index in [0.29, 0.717) is 11.4 Å². The summed E-state index contributed by atoms with van der Waals surface area (Å²) >= 11 is 0. The maximum absolute atomic E-state index is 12.1. The van der Waals surface area contributed by atoms with Gasteiger partial charge >= 0.3 is 10.2 Å². The molecule has 1 N–H and O–H groups in total. The number of anilines is 1. The van der Waals surface area contributed by atoms with Crippen LogP contribution in [0.1, 0.15) is 13.8 Å². The Morgan fingerprint density at radius 1 is 1.42 bits per heavy atom. The van der Waals surface area contributed by atoms with Gasteiger partial charge in [0.2, 0.25) is 0 Å². The minimum atomic E-state index is -3.64. The van der Waals surface area contributed by atoms with Crippen LogP contribution >= 0.6 is 0 Å². The Balaban J connectivity index is 2.97. The summed E-state index contributed by atoms with van der Waals surface area (Å²) in [6.07, 6.45) is 0. The maximum Gasteiger partial charge on any atom is 0.301 e. The molecule has 0 atom stereocenters. The first kappa shape index (κ1) is 15.3. The Morgan fingerprint density at radius 2 is 2.05 bits per heavy atom. The third-order valence-corrected chi connectivity index (χ3v) is 4.18. The summed E-state index contributed by atoms with van der Waals surface area (Å²) in [5.41, 5.74) is 0.310. The van der Waals surface area contributed by atoms with Crippen LogP contribution in [0, 0.1) is 11.3 Å². The van der Waals surface area contributed by atoms with Gasteiger partial charge in [-0.15, -0.1) is 0 Å². The average molecular weight is 283 g/mol. The molecule has 0 heterocycles. The van der Waals surface area contributed by atoms with Crippen LogP contribution < -0.4 is 9.46 Å². The maximum atomic E-state index is 12.1. The standard InChI is InChI=1S/C12H17N3O3S/c1-10(2)15(3)19(16,17)14-11-6-4-5-7-12(11)18-9-8-13/h4-7,10,14H,9H2,1-3H3. The molecule has 1 rings (SSSR count). The van der Waals surface area contributed by atoms with Crippen LogP contribution in [0.3, 0.4) is 0 Å². The van der Waals surface area contributed by atoms with E-state index in [2.05, 4.69) is 4.72 Å². The summed E-state index contributed by atoms with van der Waals surface area (Å²) in [6, 6.07) is 8.25. The zero-order chi connectivity index (χ0) is 14.5. The van der Waals surface area contributed by atoms with Gasteiger partial charge in [-0.05, 0) is 26.0 Å². The summed E-state index contributed by atoms with van der Waals surface area (Å²) in [5.74, 6) is 0.324. The van der Waals surface area contributed by atoms with E-state index in [4.69, 9.17) is 10.00 Å². The molecule has 0 saturated heterocycles. The molecule has 0 bridgehead atoms. The molecule has 0 amide bonds. The van der Waals surface area contributed by atoms with Crippen molar-refractivity contribution in [2.75, 3.05) is 18.4 Å². The first-order valence-corrected chi connectivity index (χ1v) is 7.17. The zero-order valence-corrected chi connectivity index (χ0v) is 11.9. The monoisotopic (exact) mass is 283 g/mol. The van der Waals surface area contributed by atoms with Crippen molar-refractivity contribution in [1.82, 2.24) is 4.31 Å². The lowest BCUT2D eigenvalue weighted by molar-refractivity contribution is 0.369. The second kappa shape index (κ2) is 6.41. The number of rotatable bonds is 6. The topological polar surface area (TPSA) is 82.4 Å². The largest absolute Gasteiger partial charge is 0.477 e. The Labute approximate surface area is 113 Å². The Bertz CT molecular complexity index is 564. The molecule has 0 spiro atoms. The summed E-state index contributed by atoms with van der Waals surface area (Å²) in [4.78, 5) is 0. The fourth-order valence-electron chi connectivity index (χ4n) is 1.28. The van der Waals surface area contributed by atoms with Gasteiger partial charge in [0, 0.05) is 13.1 Å². The minimum Gasteiger partial charge on any atom is -0.477 e. The summed E-state index contributed by atoms with van der Waals surface area (Å²) < 4.78 is 32.9. The molecule has 6 nitrogen and oxygen atoms in total. The van der Waals surface area contributed by atoms with Crippen LogP contribution in [0.4, 0.5) is 5.69 Å². The fraction of sp³-hybridized carbons (Fsp3) is 0.417. The fourth-order valence-corrected chi connectivity index (χ4v) is 2.42. The van der Waals surface area contributed by atoms with E-state index in [0.717, 1.165) is 0 Å². The Kier molecular flexibility index (Phi) is 5.15. The molecule has 0 saturated carbocycles. The van der Waals surface area contributed by atoms with E-state index in [1.165, 1.54) is 11.4 Å². The lowest BCUT2D eigenvalue weighted by Gasteiger charge is -2.22. The van der Waals surface area contributed by atoms with Crippen molar-refractivity contribution in [3.8, 4) is 11.8 Å². The molecule has 0 aromatic heterocycles. The Hall–Kier alpha value is -1.78. The highest BCUT2D eigenvalue weighted by atomic mass is 32.2. The van der Waals surface area contributed by atoms with E-state index in [9.17, 15) is 8.42 Å². The van der Waals surface area contributed by atoms with Gasteiger partial charge in [0.25, 0.3) is 0 Å².